The van der Waals surface area contributed by atoms with E-state index >= 15 is 0 Å². The zero-order valence-electron chi connectivity index (χ0n) is 13.4. The first kappa shape index (κ1) is 18.1. The van der Waals surface area contributed by atoms with Gasteiger partial charge in [-0.2, -0.15) is 0 Å². The molecule has 3 heteroatoms. The summed E-state index contributed by atoms with van der Waals surface area (Å²) in [4.78, 5) is 0. The molecule has 0 aliphatic heterocycles. The van der Waals surface area contributed by atoms with Crippen molar-refractivity contribution in [3.63, 3.8) is 0 Å². The van der Waals surface area contributed by atoms with Gasteiger partial charge < -0.3 is 8.85 Å². The molecule has 0 aromatic rings. The molecule has 0 saturated heterocycles. The molecule has 110 valence electrons. The van der Waals surface area contributed by atoms with Crippen LogP contribution < -0.4 is 0 Å². The van der Waals surface area contributed by atoms with Gasteiger partial charge in [0.2, 0.25) is 0 Å². The Hall–Kier alpha value is 0.137. The van der Waals surface area contributed by atoms with Gasteiger partial charge in [-0.25, -0.2) is 0 Å². The highest BCUT2D eigenvalue weighted by atomic mass is 28.4. The first-order valence-corrected chi connectivity index (χ1v) is 9.83. The van der Waals surface area contributed by atoms with Crippen molar-refractivity contribution in [2.24, 2.45) is 0 Å². The molecule has 2 unspecified atom stereocenters. The lowest BCUT2D eigenvalue weighted by atomic mass is 10.2. The number of hydrogen-bond acceptors (Lipinski definition) is 2. The first-order valence-electron chi connectivity index (χ1n) is 7.86. The van der Waals surface area contributed by atoms with Crippen LogP contribution in [0.15, 0.2) is 0 Å². The molecule has 0 aromatic carbocycles. The first-order chi connectivity index (χ1) is 8.58. The van der Waals surface area contributed by atoms with Crippen molar-refractivity contribution >= 4 is 8.56 Å². The third-order valence-corrected chi connectivity index (χ3v) is 8.63. The van der Waals surface area contributed by atoms with E-state index in [-0.39, 0.29) is 0 Å². The van der Waals surface area contributed by atoms with Gasteiger partial charge in [-0.1, -0.05) is 47.0 Å². The Bertz CT molecular complexity index is 191. The van der Waals surface area contributed by atoms with E-state index in [1.807, 2.05) is 0 Å². The minimum absolute atomic E-state index is 0.592. The van der Waals surface area contributed by atoms with Gasteiger partial charge in [0.05, 0.1) is 0 Å². The predicted octanol–water partition coefficient (Wildman–Crippen LogP) is 5.27. The fraction of sp³-hybridized carbons (Fsp3) is 1.00. The molecule has 0 saturated carbocycles. The summed E-state index contributed by atoms with van der Waals surface area (Å²) in [6.45, 7) is 15.0. The van der Waals surface area contributed by atoms with E-state index in [9.17, 15) is 0 Å². The van der Waals surface area contributed by atoms with Crippen LogP contribution in [0.1, 0.15) is 73.6 Å². The molecular formula is C15H34O2Si. The molecule has 0 heterocycles. The maximum Gasteiger partial charge on any atom is 0.343 e. The van der Waals surface area contributed by atoms with Crippen molar-refractivity contribution in [1.82, 2.24) is 0 Å². The molecule has 0 N–H and O–H groups in total. The molecule has 0 aliphatic rings. The molecule has 2 atom stereocenters. The number of rotatable bonds is 11. The number of hydrogen-bond donors (Lipinski definition) is 0. The summed E-state index contributed by atoms with van der Waals surface area (Å²) in [5.74, 6) is 0. The van der Waals surface area contributed by atoms with E-state index < -0.39 is 8.56 Å². The van der Waals surface area contributed by atoms with E-state index in [0.29, 0.717) is 11.1 Å². The monoisotopic (exact) mass is 274 g/mol. The molecule has 0 aliphatic carbocycles. The smallest absolute Gasteiger partial charge is 0.343 e. The van der Waals surface area contributed by atoms with Crippen molar-refractivity contribution in [3.05, 3.63) is 0 Å². The second kappa shape index (κ2) is 9.99. The Morgan fingerprint density at radius 2 is 1.28 bits per heavy atom. The molecule has 18 heavy (non-hydrogen) atoms. The molecular weight excluding hydrogens is 240 g/mol. The molecule has 0 rings (SSSR count). The summed E-state index contributed by atoms with van der Waals surface area (Å²) >= 11 is 0. The molecule has 2 nitrogen and oxygen atoms in total. The fourth-order valence-electron chi connectivity index (χ4n) is 2.89. The van der Waals surface area contributed by atoms with Crippen molar-refractivity contribution in [1.29, 1.82) is 0 Å². The van der Waals surface area contributed by atoms with Crippen molar-refractivity contribution in [2.75, 3.05) is 13.2 Å². The lowest BCUT2D eigenvalue weighted by Gasteiger charge is -2.40. The van der Waals surface area contributed by atoms with Crippen molar-refractivity contribution in [2.45, 2.75) is 84.7 Å². The van der Waals surface area contributed by atoms with Crippen LogP contribution in [0.5, 0.6) is 0 Å². The minimum Gasteiger partial charge on any atom is -0.394 e. The summed E-state index contributed by atoms with van der Waals surface area (Å²) in [5.41, 5.74) is 1.19. The topological polar surface area (TPSA) is 18.5 Å². The highest BCUT2D eigenvalue weighted by Crippen LogP contribution is 2.40. The van der Waals surface area contributed by atoms with Gasteiger partial charge in [0.25, 0.3) is 0 Å². The van der Waals surface area contributed by atoms with Crippen LogP contribution in [0, 0.1) is 0 Å². The van der Waals surface area contributed by atoms with Crippen LogP contribution in [0.2, 0.25) is 11.1 Å². The van der Waals surface area contributed by atoms with Crippen LogP contribution >= 0.6 is 0 Å². The Kier molecular flexibility index (Phi) is 10.1. The molecule has 0 aromatic heterocycles. The van der Waals surface area contributed by atoms with Crippen molar-refractivity contribution < 1.29 is 8.85 Å². The minimum atomic E-state index is -2.06. The molecule has 0 radical (unpaired) electrons. The van der Waals surface area contributed by atoms with Gasteiger partial charge in [0.15, 0.2) is 0 Å². The Morgan fingerprint density at radius 3 is 1.67 bits per heavy atom. The van der Waals surface area contributed by atoms with Crippen LogP contribution in [-0.4, -0.2) is 21.8 Å². The van der Waals surface area contributed by atoms with E-state index in [4.69, 9.17) is 8.85 Å². The summed E-state index contributed by atoms with van der Waals surface area (Å²) in [7, 11) is -2.06. The summed E-state index contributed by atoms with van der Waals surface area (Å²) in [5, 5.41) is 0. The maximum atomic E-state index is 6.26. The summed E-state index contributed by atoms with van der Waals surface area (Å²) < 4.78 is 12.5. The predicted molar refractivity (Wildman–Crippen MR) is 82.3 cm³/mol. The van der Waals surface area contributed by atoms with Crippen LogP contribution in [0.4, 0.5) is 0 Å². The maximum absolute atomic E-state index is 6.26. The lowest BCUT2D eigenvalue weighted by Crippen LogP contribution is -2.49. The summed E-state index contributed by atoms with van der Waals surface area (Å²) in [6, 6.07) is 0. The third-order valence-electron chi connectivity index (χ3n) is 3.83. The summed E-state index contributed by atoms with van der Waals surface area (Å²) in [6.07, 6.45) is 6.24. The number of unbranched alkanes of at least 4 members (excludes halogenated alkanes) is 1. The van der Waals surface area contributed by atoms with Gasteiger partial charge in [0.1, 0.15) is 0 Å². The quantitative estimate of drug-likeness (QED) is 0.478. The Morgan fingerprint density at radius 1 is 0.778 bits per heavy atom. The van der Waals surface area contributed by atoms with E-state index in [1.165, 1.54) is 32.1 Å². The second-order valence-corrected chi connectivity index (χ2v) is 9.31. The van der Waals surface area contributed by atoms with E-state index in [0.717, 1.165) is 13.2 Å². The zero-order chi connectivity index (χ0) is 14.0. The average Bonchev–Trinajstić information content (AvgIpc) is 2.35. The van der Waals surface area contributed by atoms with Gasteiger partial charge in [-0.05, 0) is 26.7 Å². The van der Waals surface area contributed by atoms with Crippen LogP contribution in [-0.2, 0) is 8.85 Å². The second-order valence-electron chi connectivity index (χ2n) is 5.32. The van der Waals surface area contributed by atoms with Gasteiger partial charge in [0, 0.05) is 24.3 Å². The Balaban J connectivity index is 4.92. The average molecular weight is 275 g/mol. The zero-order valence-corrected chi connectivity index (χ0v) is 14.4. The molecule has 0 fully saturated rings. The highest BCUT2D eigenvalue weighted by Gasteiger charge is 2.47. The van der Waals surface area contributed by atoms with E-state index in [2.05, 4.69) is 41.5 Å². The Labute approximate surface area is 116 Å². The SMILES string of the molecule is CCCCC(C)[Si](OCC)(OCC)C(C)CCC. The standard InChI is InChI=1S/C15H34O2Si/c1-7-11-13-15(6)18(16-9-3,17-10-4)14(5)12-8-2/h14-15H,7-13H2,1-6H3. The highest BCUT2D eigenvalue weighted by molar-refractivity contribution is 6.70. The largest absolute Gasteiger partial charge is 0.394 e. The van der Waals surface area contributed by atoms with Crippen LogP contribution in [0.25, 0.3) is 0 Å². The van der Waals surface area contributed by atoms with Gasteiger partial charge in [-0.15, -0.1) is 0 Å². The molecule has 0 spiro atoms. The molecule has 0 amide bonds. The lowest BCUT2D eigenvalue weighted by molar-refractivity contribution is 0.160. The van der Waals surface area contributed by atoms with Crippen LogP contribution in [0.3, 0.4) is 0 Å². The fourth-order valence-corrected chi connectivity index (χ4v) is 7.29. The van der Waals surface area contributed by atoms with Gasteiger partial charge in [-0.3, -0.25) is 0 Å². The van der Waals surface area contributed by atoms with E-state index in [1.54, 1.807) is 0 Å². The van der Waals surface area contributed by atoms with Gasteiger partial charge >= 0.3 is 8.56 Å². The normalized spacial score (nSPS) is 15.7. The third kappa shape index (κ3) is 5.02. The van der Waals surface area contributed by atoms with Crippen molar-refractivity contribution in [3.8, 4) is 0 Å². The molecule has 0 bridgehead atoms.